The summed E-state index contributed by atoms with van der Waals surface area (Å²) in [6.45, 7) is 24.6. The van der Waals surface area contributed by atoms with Crippen LogP contribution in [0.15, 0.2) is 11.0 Å². The molecule has 0 spiro atoms. The van der Waals surface area contributed by atoms with Crippen molar-refractivity contribution in [2.24, 2.45) is 17.3 Å². The first-order valence-electron chi connectivity index (χ1n) is 15.7. The van der Waals surface area contributed by atoms with Crippen LogP contribution in [0.5, 0.6) is 0 Å². The Morgan fingerprint density at radius 1 is 1.24 bits per heavy atom. The molecule has 7 atom stereocenters. The van der Waals surface area contributed by atoms with E-state index < -0.39 is 31.9 Å². The maximum atomic E-state index is 14.1. The number of aryl methyl sites for hydroxylation is 1. The van der Waals surface area contributed by atoms with Gasteiger partial charge in [-0.2, -0.15) is 0 Å². The Balaban J connectivity index is 2.00. The van der Waals surface area contributed by atoms with E-state index in [1.807, 2.05) is 53.0 Å². The molecule has 3 rings (SSSR count). The maximum Gasteiger partial charge on any atom is 0.223 e. The second-order valence-electron chi connectivity index (χ2n) is 15.3. The van der Waals surface area contributed by atoms with Crippen molar-refractivity contribution in [1.82, 2.24) is 10.3 Å². The molecule has 9 heteroatoms. The molecule has 0 unspecified atom stereocenters. The van der Waals surface area contributed by atoms with Gasteiger partial charge in [0.1, 0.15) is 5.78 Å². The standard InChI is InChI=1S/C33H56N2O5SSi/c1-20-14-13-15-33(10)27(39-33)17-25(21(2)16-24-19-41-23(4)34-24)35-28(36)18-26(40-42(11,12)31(5,6)7)32(8,9)30(38)22(3)29(20)37/h16,19-20,22,25-27,29,37H,13-15,17-18H2,1-12H3,(H,35,36)/t20-,22+,25-,26-,27-,29-,33+/m0/s1. The van der Waals surface area contributed by atoms with E-state index >= 15 is 0 Å². The number of hydrogen-bond donors (Lipinski definition) is 2. The summed E-state index contributed by atoms with van der Waals surface area (Å²) in [6.07, 6.45) is 4.01. The highest BCUT2D eigenvalue weighted by atomic mass is 32.1. The minimum Gasteiger partial charge on any atom is -0.412 e. The van der Waals surface area contributed by atoms with Gasteiger partial charge in [-0.05, 0) is 69.3 Å². The first kappa shape index (κ1) is 35.1. The molecule has 0 aromatic carbocycles. The third kappa shape index (κ3) is 8.20. The number of aromatic nitrogens is 1. The van der Waals surface area contributed by atoms with Crippen LogP contribution in [0.4, 0.5) is 0 Å². The van der Waals surface area contributed by atoms with Gasteiger partial charge in [-0.15, -0.1) is 11.3 Å². The van der Waals surface area contributed by atoms with Crippen LogP contribution in [-0.2, 0) is 18.8 Å². The predicted molar refractivity (Wildman–Crippen MR) is 174 cm³/mol. The fourth-order valence-electron chi connectivity index (χ4n) is 5.90. The van der Waals surface area contributed by atoms with E-state index in [1.165, 1.54) is 0 Å². The second-order valence-corrected chi connectivity index (χ2v) is 21.1. The van der Waals surface area contributed by atoms with Gasteiger partial charge in [0.25, 0.3) is 0 Å². The molecule has 0 radical (unpaired) electrons. The Bertz CT molecular complexity index is 1160. The Morgan fingerprint density at radius 3 is 2.45 bits per heavy atom. The van der Waals surface area contributed by atoms with Crippen molar-refractivity contribution < 1.29 is 23.9 Å². The van der Waals surface area contributed by atoms with Gasteiger partial charge in [-0.25, -0.2) is 4.98 Å². The molecule has 3 heterocycles. The van der Waals surface area contributed by atoms with Crippen LogP contribution in [0.3, 0.4) is 0 Å². The summed E-state index contributed by atoms with van der Waals surface area (Å²) >= 11 is 1.61. The van der Waals surface area contributed by atoms with Gasteiger partial charge >= 0.3 is 0 Å². The lowest BCUT2D eigenvalue weighted by atomic mass is 9.72. The molecular formula is C33H56N2O5SSi. The smallest absolute Gasteiger partial charge is 0.223 e. The second kappa shape index (κ2) is 12.9. The van der Waals surface area contributed by atoms with E-state index in [1.54, 1.807) is 11.3 Å². The van der Waals surface area contributed by atoms with Crippen molar-refractivity contribution >= 4 is 37.4 Å². The summed E-state index contributed by atoms with van der Waals surface area (Å²) in [7, 11) is -2.35. The Morgan fingerprint density at radius 2 is 1.88 bits per heavy atom. The number of ketones is 1. The molecule has 7 nitrogen and oxygen atoms in total. The Labute approximate surface area is 259 Å². The molecule has 1 aromatic rings. The molecule has 2 aliphatic rings. The lowest BCUT2D eigenvalue weighted by Gasteiger charge is -2.44. The van der Waals surface area contributed by atoms with Crippen LogP contribution < -0.4 is 5.32 Å². The summed E-state index contributed by atoms with van der Waals surface area (Å²) in [6, 6.07) is -0.230. The van der Waals surface area contributed by atoms with Gasteiger partial charge in [0.15, 0.2) is 8.32 Å². The van der Waals surface area contributed by atoms with Crippen molar-refractivity contribution in [2.75, 3.05) is 0 Å². The molecule has 238 valence electrons. The number of fused-ring (bicyclic) bond motifs is 1. The van der Waals surface area contributed by atoms with Gasteiger partial charge in [0, 0.05) is 23.1 Å². The molecule has 42 heavy (non-hydrogen) atoms. The number of nitrogens with zero attached hydrogens (tertiary/aromatic N) is 1. The highest BCUT2D eigenvalue weighted by molar-refractivity contribution is 7.09. The number of Topliss-reactive ketones (excluding diaryl/α,β-unsaturated/α-hetero) is 1. The number of aliphatic hydroxyl groups excluding tert-OH is 1. The monoisotopic (exact) mass is 620 g/mol. The highest BCUT2D eigenvalue weighted by Gasteiger charge is 2.53. The minimum atomic E-state index is -2.35. The quantitative estimate of drug-likeness (QED) is 0.276. The van der Waals surface area contributed by atoms with Crippen molar-refractivity contribution in [2.45, 2.75) is 149 Å². The van der Waals surface area contributed by atoms with E-state index in [9.17, 15) is 14.7 Å². The van der Waals surface area contributed by atoms with Gasteiger partial charge < -0.3 is 19.6 Å². The van der Waals surface area contributed by atoms with Crippen LogP contribution in [0.2, 0.25) is 18.1 Å². The van der Waals surface area contributed by atoms with E-state index in [2.05, 4.69) is 51.1 Å². The van der Waals surface area contributed by atoms with E-state index in [0.29, 0.717) is 6.42 Å². The number of thiazole rings is 1. The number of epoxide rings is 1. The Kier molecular flexibility index (Phi) is 10.8. The van der Waals surface area contributed by atoms with Crippen LogP contribution in [0, 0.1) is 24.2 Å². The summed E-state index contributed by atoms with van der Waals surface area (Å²) in [5, 5.41) is 17.5. The van der Waals surface area contributed by atoms with Crippen molar-refractivity contribution in [1.29, 1.82) is 0 Å². The van der Waals surface area contributed by atoms with E-state index in [-0.39, 0.29) is 46.8 Å². The molecule has 1 aromatic heterocycles. The predicted octanol–water partition coefficient (Wildman–Crippen LogP) is 7.08. The molecule has 0 bridgehead atoms. The van der Waals surface area contributed by atoms with Crippen LogP contribution >= 0.6 is 11.3 Å². The van der Waals surface area contributed by atoms with Gasteiger partial charge in [0.2, 0.25) is 5.91 Å². The van der Waals surface area contributed by atoms with Crippen molar-refractivity contribution in [3.05, 3.63) is 21.7 Å². The topological polar surface area (TPSA) is 101 Å². The number of carbonyl (C=O) groups excluding carboxylic acids is 2. The third-order valence-electron chi connectivity index (χ3n) is 10.3. The summed E-state index contributed by atoms with van der Waals surface area (Å²) in [5.41, 5.74) is 0.693. The molecular weight excluding hydrogens is 565 g/mol. The third-order valence-corrected chi connectivity index (χ3v) is 15.6. The first-order valence-corrected chi connectivity index (χ1v) is 19.4. The maximum absolute atomic E-state index is 14.1. The van der Waals surface area contributed by atoms with Crippen LogP contribution in [0.1, 0.15) is 105 Å². The number of amides is 1. The van der Waals surface area contributed by atoms with Crippen molar-refractivity contribution in [3.8, 4) is 0 Å². The lowest BCUT2D eigenvalue weighted by Crippen LogP contribution is -2.53. The molecule has 1 amide bonds. The number of aliphatic hydroxyl groups is 1. The van der Waals surface area contributed by atoms with Crippen LogP contribution in [0.25, 0.3) is 6.08 Å². The largest absolute Gasteiger partial charge is 0.412 e. The number of rotatable bonds is 4. The highest BCUT2D eigenvalue weighted by Crippen LogP contribution is 2.45. The molecule has 0 aliphatic carbocycles. The SMILES string of the molecule is CC(=Cc1csc(C)n1)[C@@H]1C[C@@H]2O[C@]2(C)CCC[C@H](C)[C@H](O)[C@@H](C)C(=O)C(C)(C)[C@@H](O[Si](C)(C)C(C)(C)C)CC(=O)N1. The molecule has 2 saturated heterocycles. The zero-order chi connectivity index (χ0) is 31.8. The van der Waals surface area contributed by atoms with E-state index in [4.69, 9.17) is 9.16 Å². The average Bonchev–Trinajstić information content (AvgIpc) is 3.31. The normalized spacial score (nSPS) is 34.1. The fraction of sp³-hybridized carbons (Fsp3) is 0.788. The summed E-state index contributed by atoms with van der Waals surface area (Å²) < 4.78 is 13.1. The van der Waals surface area contributed by atoms with E-state index in [0.717, 1.165) is 35.5 Å². The minimum absolute atomic E-state index is 0.0315. The molecule has 0 saturated carbocycles. The Hall–Kier alpha value is -1.39. The van der Waals surface area contributed by atoms with Gasteiger partial charge in [0.05, 0.1) is 47.1 Å². The summed E-state index contributed by atoms with van der Waals surface area (Å²) in [5.74, 6) is -0.815. The number of hydrogen-bond acceptors (Lipinski definition) is 7. The number of nitrogens with one attached hydrogen (secondary N) is 1. The van der Waals surface area contributed by atoms with Crippen molar-refractivity contribution in [3.63, 3.8) is 0 Å². The summed E-state index contributed by atoms with van der Waals surface area (Å²) in [4.78, 5) is 32.5. The van der Waals surface area contributed by atoms with Gasteiger partial charge in [-0.1, -0.05) is 54.9 Å². The zero-order valence-electron chi connectivity index (χ0n) is 28.1. The molecule has 2 N–H and O–H groups in total. The van der Waals surface area contributed by atoms with Gasteiger partial charge in [-0.3, -0.25) is 9.59 Å². The average molecular weight is 621 g/mol. The number of ether oxygens (including phenoxy) is 1. The van der Waals surface area contributed by atoms with Crippen LogP contribution in [-0.4, -0.2) is 60.1 Å². The number of carbonyl (C=O) groups is 2. The molecule has 2 aliphatic heterocycles. The first-order chi connectivity index (χ1) is 19.2. The lowest BCUT2D eigenvalue weighted by molar-refractivity contribution is -0.142. The molecule has 2 fully saturated rings. The fourth-order valence-corrected chi connectivity index (χ4v) is 7.91. The zero-order valence-corrected chi connectivity index (χ0v) is 29.9.